The van der Waals surface area contributed by atoms with E-state index in [9.17, 15) is 13.9 Å². The van der Waals surface area contributed by atoms with E-state index < -0.39 is 17.7 Å². The smallest absolute Gasteiger partial charge is 0.131 e. The highest BCUT2D eigenvalue weighted by atomic mass is 19.1. The SMILES string of the molecule is CC1CCCC1CNCC(O)c1ccc(F)cc1F. The summed E-state index contributed by atoms with van der Waals surface area (Å²) < 4.78 is 26.2. The van der Waals surface area contributed by atoms with E-state index in [4.69, 9.17) is 0 Å². The Balaban J connectivity index is 1.82. The van der Waals surface area contributed by atoms with Crippen molar-refractivity contribution >= 4 is 0 Å². The van der Waals surface area contributed by atoms with E-state index in [-0.39, 0.29) is 5.56 Å². The van der Waals surface area contributed by atoms with E-state index in [0.29, 0.717) is 18.4 Å². The van der Waals surface area contributed by atoms with Gasteiger partial charge in [0.05, 0.1) is 6.10 Å². The first-order chi connectivity index (χ1) is 9.08. The average molecular weight is 269 g/mol. The molecule has 19 heavy (non-hydrogen) atoms. The van der Waals surface area contributed by atoms with Gasteiger partial charge >= 0.3 is 0 Å². The number of hydrogen-bond donors (Lipinski definition) is 2. The minimum Gasteiger partial charge on any atom is -0.387 e. The summed E-state index contributed by atoms with van der Waals surface area (Å²) in [4.78, 5) is 0. The predicted molar refractivity (Wildman–Crippen MR) is 70.7 cm³/mol. The fourth-order valence-electron chi connectivity index (χ4n) is 2.81. The van der Waals surface area contributed by atoms with Crippen molar-refractivity contribution in [2.75, 3.05) is 13.1 Å². The van der Waals surface area contributed by atoms with Gasteiger partial charge in [0.25, 0.3) is 0 Å². The third-order valence-corrected chi connectivity index (χ3v) is 4.10. The van der Waals surface area contributed by atoms with Crippen LogP contribution in [0.1, 0.15) is 37.9 Å². The monoisotopic (exact) mass is 269 g/mol. The lowest BCUT2D eigenvalue weighted by molar-refractivity contribution is 0.167. The van der Waals surface area contributed by atoms with Gasteiger partial charge in [-0.1, -0.05) is 25.8 Å². The molecular formula is C15H21F2NO. The van der Waals surface area contributed by atoms with E-state index in [2.05, 4.69) is 12.2 Å². The summed E-state index contributed by atoms with van der Waals surface area (Å²) in [5.74, 6) is 0.0437. The van der Waals surface area contributed by atoms with Crippen LogP contribution in [0.3, 0.4) is 0 Å². The highest BCUT2D eigenvalue weighted by Gasteiger charge is 2.23. The van der Waals surface area contributed by atoms with E-state index in [1.54, 1.807) is 0 Å². The van der Waals surface area contributed by atoms with Gasteiger partial charge in [-0.2, -0.15) is 0 Å². The van der Waals surface area contributed by atoms with Crippen LogP contribution in [0.15, 0.2) is 18.2 Å². The third-order valence-electron chi connectivity index (χ3n) is 4.10. The summed E-state index contributed by atoms with van der Waals surface area (Å²) in [5, 5.41) is 13.1. The Kier molecular flexibility index (Phi) is 4.88. The van der Waals surface area contributed by atoms with Gasteiger partial charge in [0.15, 0.2) is 0 Å². The maximum absolute atomic E-state index is 13.5. The summed E-state index contributed by atoms with van der Waals surface area (Å²) in [5.41, 5.74) is 0.147. The lowest BCUT2D eigenvalue weighted by Gasteiger charge is -2.18. The summed E-state index contributed by atoms with van der Waals surface area (Å²) in [6.45, 7) is 3.39. The van der Waals surface area contributed by atoms with Crippen molar-refractivity contribution in [3.63, 3.8) is 0 Å². The molecule has 0 bridgehead atoms. The number of hydrogen-bond acceptors (Lipinski definition) is 2. The maximum atomic E-state index is 13.5. The largest absolute Gasteiger partial charge is 0.387 e. The van der Waals surface area contributed by atoms with E-state index in [1.807, 2.05) is 0 Å². The standard InChI is InChI=1S/C15H21F2NO/c1-10-3-2-4-11(10)8-18-9-15(19)13-6-5-12(16)7-14(13)17/h5-7,10-11,15,18-19H,2-4,8-9H2,1H3. The molecule has 0 saturated heterocycles. The third kappa shape index (κ3) is 3.74. The topological polar surface area (TPSA) is 32.3 Å². The van der Waals surface area contributed by atoms with Crippen molar-refractivity contribution in [1.29, 1.82) is 0 Å². The summed E-state index contributed by atoms with van der Waals surface area (Å²) >= 11 is 0. The van der Waals surface area contributed by atoms with Gasteiger partial charge in [-0.3, -0.25) is 0 Å². The van der Waals surface area contributed by atoms with Gasteiger partial charge < -0.3 is 10.4 Å². The lowest BCUT2D eigenvalue weighted by Crippen LogP contribution is -2.28. The number of aliphatic hydroxyl groups excluding tert-OH is 1. The zero-order valence-corrected chi connectivity index (χ0v) is 11.2. The number of aliphatic hydroxyl groups is 1. The van der Waals surface area contributed by atoms with Crippen molar-refractivity contribution in [1.82, 2.24) is 5.32 Å². The molecule has 1 fully saturated rings. The van der Waals surface area contributed by atoms with Gasteiger partial charge in [0.2, 0.25) is 0 Å². The van der Waals surface area contributed by atoms with Crippen LogP contribution in [0.25, 0.3) is 0 Å². The predicted octanol–water partition coefficient (Wildman–Crippen LogP) is 3.02. The summed E-state index contributed by atoms with van der Waals surface area (Å²) in [7, 11) is 0. The molecule has 0 aromatic heterocycles. The second kappa shape index (κ2) is 6.44. The van der Waals surface area contributed by atoms with E-state index in [0.717, 1.165) is 12.6 Å². The molecule has 2 N–H and O–H groups in total. The first-order valence-corrected chi connectivity index (χ1v) is 6.91. The van der Waals surface area contributed by atoms with Crippen LogP contribution in [0.2, 0.25) is 0 Å². The molecule has 1 aromatic carbocycles. The quantitative estimate of drug-likeness (QED) is 0.861. The minimum atomic E-state index is -0.933. The van der Waals surface area contributed by atoms with Gasteiger partial charge in [0, 0.05) is 18.2 Å². The number of nitrogens with one attached hydrogen (secondary N) is 1. The molecule has 2 rings (SSSR count). The normalized spacial score (nSPS) is 24.6. The number of benzene rings is 1. The number of halogens is 2. The molecule has 3 atom stereocenters. The van der Waals surface area contributed by atoms with Gasteiger partial charge in [0.1, 0.15) is 11.6 Å². The van der Waals surface area contributed by atoms with Crippen LogP contribution < -0.4 is 5.32 Å². The second-order valence-corrected chi connectivity index (χ2v) is 5.51. The Labute approximate surface area is 112 Å². The molecule has 1 saturated carbocycles. The lowest BCUT2D eigenvalue weighted by atomic mass is 9.98. The summed E-state index contributed by atoms with van der Waals surface area (Å²) in [6.07, 6.45) is 2.82. The zero-order valence-electron chi connectivity index (χ0n) is 11.2. The van der Waals surface area contributed by atoms with Crippen molar-refractivity contribution in [2.45, 2.75) is 32.3 Å². The number of rotatable bonds is 5. The molecule has 3 unspecified atom stereocenters. The van der Waals surface area contributed by atoms with Crippen LogP contribution >= 0.6 is 0 Å². The van der Waals surface area contributed by atoms with Crippen molar-refractivity contribution in [2.24, 2.45) is 11.8 Å². The second-order valence-electron chi connectivity index (χ2n) is 5.51. The molecule has 1 aromatic rings. The van der Waals surface area contributed by atoms with Crippen LogP contribution in [-0.2, 0) is 0 Å². The Morgan fingerprint density at radius 2 is 2.16 bits per heavy atom. The maximum Gasteiger partial charge on any atom is 0.131 e. The molecule has 1 aliphatic rings. The molecule has 0 spiro atoms. The average Bonchev–Trinajstić information content (AvgIpc) is 2.75. The Hall–Kier alpha value is -1.00. The van der Waals surface area contributed by atoms with Crippen LogP contribution in [0, 0.1) is 23.5 Å². The Morgan fingerprint density at radius 1 is 1.37 bits per heavy atom. The summed E-state index contributed by atoms with van der Waals surface area (Å²) in [6, 6.07) is 3.27. The van der Waals surface area contributed by atoms with Crippen molar-refractivity contribution in [3.05, 3.63) is 35.4 Å². The van der Waals surface area contributed by atoms with Crippen LogP contribution in [0.5, 0.6) is 0 Å². The first-order valence-electron chi connectivity index (χ1n) is 6.91. The molecular weight excluding hydrogens is 248 g/mol. The molecule has 1 aliphatic carbocycles. The van der Waals surface area contributed by atoms with Gasteiger partial charge in [-0.05, 0) is 30.9 Å². The van der Waals surface area contributed by atoms with Gasteiger partial charge in [-0.25, -0.2) is 8.78 Å². The molecule has 0 aliphatic heterocycles. The van der Waals surface area contributed by atoms with Gasteiger partial charge in [-0.15, -0.1) is 0 Å². The molecule has 106 valence electrons. The molecule has 0 heterocycles. The van der Waals surface area contributed by atoms with Crippen molar-refractivity contribution < 1.29 is 13.9 Å². The molecule has 4 heteroatoms. The molecule has 0 radical (unpaired) electrons. The fourth-order valence-corrected chi connectivity index (χ4v) is 2.81. The first kappa shape index (κ1) is 14.4. The minimum absolute atomic E-state index is 0.147. The highest BCUT2D eigenvalue weighted by Crippen LogP contribution is 2.30. The van der Waals surface area contributed by atoms with Crippen LogP contribution in [0.4, 0.5) is 8.78 Å². The Morgan fingerprint density at radius 3 is 2.79 bits per heavy atom. The van der Waals surface area contributed by atoms with Crippen LogP contribution in [-0.4, -0.2) is 18.2 Å². The van der Waals surface area contributed by atoms with Crippen molar-refractivity contribution in [3.8, 4) is 0 Å². The van der Waals surface area contributed by atoms with E-state index in [1.165, 1.54) is 31.4 Å². The Bertz CT molecular complexity index is 425. The molecule has 2 nitrogen and oxygen atoms in total. The van der Waals surface area contributed by atoms with E-state index >= 15 is 0 Å². The molecule has 0 amide bonds. The zero-order chi connectivity index (χ0) is 13.8. The highest BCUT2D eigenvalue weighted by molar-refractivity contribution is 5.21. The fraction of sp³-hybridized carbons (Fsp3) is 0.600.